The number of carbonyl (C=O) groups excluding carboxylic acids is 1. The molecule has 0 saturated carbocycles. The van der Waals surface area contributed by atoms with Crippen LogP contribution in [-0.4, -0.2) is 34.0 Å². The fraction of sp³-hybridized carbons (Fsp3) is 0.167. The number of para-hydroxylation sites is 1. The van der Waals surface area contributed by atoms with E-state index in [9.17, 15) is 14.3 Å². The van der Waals surface area contributed by atoms with Crippen LogP contribution < -0.4 is 0 Å². The highest BCUT2D eigenvalue weighted by molar-refractivity contribution is 6.05. The fourth-order valence-electron chi connectivity index (χ4n) is 2.62. The average molecular weight is 312 g/mol. The van der Waals surface area contributed by atoms with Crippen LogP contribution in [0.1, 0.15) is 15.9 Å². The van der Waals surface area contributed by atoms with E-state index in [0.717, 1.165) is 16.5 Å². The lowest BCUT2D eigenvalue weighted by molar-refractivity contribution is 0.0709. The minimum absolute atomic E-state index is 0.131. The first-order chi connectivity index (χ1) is 11.2. The number of H-pyrrole nitrogens is 1. The fourth-order valence-corrected chi connectivity index (χ4v) is 2.62. The number of aromatic nitrogens is 1. The third-order valence-corrected chi connectivity index (χ3v) is 3.76. The smallest absolute Gasteiger partial charge is 0.256 e. The summed E-state index contributed by atoms with van der Waals surface area (Å²) in [6, 6.07) is 13.4. The summed E-state index contributed by atoms with van der Waals surface area (Å²) in [5.74, 6) is -0.485. The largest absolute Gasteiger partial charge is 0.395 e. The van der Waals surface area contributed by atoms with Gasteiger partial charge in [-0.1, -0.05) is 24.3 Å². The molecule has 0 bridgehead atoms. The van der Waals surface area contributed by atoms with Gasteiger partial charge in [-0.15, -0.1) is 0 Å². The summed E-state index contributed by atoms with van der Waals surface area (Å²) in [6.07, 6.45) is 1.79. The molecule has 23 heavy (non-hydrogen) atoms. The molecule has 118 valence electrons. The summed E-state index contributed by atoms with van der Waals surface area (Å²) in [6.45, 7) is 0.401. The average Bonchev–Trinajstić information content (AvgIpc) is 3.04. The summed E-state index contributed by atoms with van der Waals surface area (Å²) < 4.78 is 13.0. The number of rotatable bonds is 5. The maximum Gasteiger partial charge on any atom is 0.256 e. The number of carbonyl (C=O) groups is 1. The molecule has 0 radical (unpaired) electrons. The van der Waals surface area contributed by atoms with Gasteiger partial charge >= 0.3 is 0 Å². The van der Waals surface area contributed by atoms with Gasteiger partial charge in [0.1, 0.15) is 5.82 Å². The van der Waals surface area contributed by atoms with Crippen molar-refractivity contribution >= 4 is 16.8 Å². The molecular formula is C18H17FN2O2. The predicted octanol–water partition coefficient (Wildman–Crippen LogP) is 2.94. The third-order valence-electron chi connectivity index (χ3n) is 3.76. The van der Waals surface area contributed by atoms with Crippen molar-refractivity contribution in [2.45, 2.75) is 6.54 Å². The lowest BCUT2D eigenvalue weighted by atomic mass is 10.1. The number of aliphatic hydroxyl groups is 1. The molecule has 4 nitrogen and oxygen atoms in total. The van der Waals surface area contributed by atoms with Crippen LogP contribution in [0.5, 0.6) is 0 Å². The lowest BCUT2D eigenvalue weighted by Crippen LogP contribution is -2.33. The van der Waals surface area contributed by atoms with Crippen molar-refractivity contribution < 1.29 is 14.3 Å². The minimum Gasteiger partial charge on any atom is -0.395 e. The zero-order valence-corrected chi connectivity index (χ0v) is 12.5. The van der Waals surface area contributed by atoms with E-state index >= 15 is 0 Å². The first-order valence-corrected chi connectivity index (χ1v) is 7.40. The molecule has 3 aromatic rings. The number of benzene rings is 2. The van der Waals surface area contributed by atoms with Crippen LogP contribution in [0.4, 0.5) is 4.39 Å². The van der Waals surface area contributed by atoms with E-state index in [1.807, 2.05) is 18.2 Å². The number of halogens is 1. The second-order valence-corrected chi connectivity index (χ2v) is 5.32. The zero-order valence-electron chi connectivity index (χ0n) is 12.5. The van der Waals surface area contributed by atoms with Gasteiger partial charge < -0.3 is 15.0 Å². The monoisotopic (exact) mass is 312 g/mol. The van der Waals surface area contributed by atoms with Gasteiger partial charge in [0.2, 0.25) is 0 Å². The molecule has 0 spiro atoms. The van der Waals surface area contributed by atoms with Crippen molar-refractivity contribution in [3.63, 3.8) is 0 Å². The highest BCUT2D eigenvalue weighted by Gasteiger charge is 2.18. The third kappa shape index (κ3) is 3.24. The summed E-state index contributed by atoms with van der Waals surface area (Å²) in [4.78, 5) is 17.5. The van der Waals surface area contributed by atoms with Crippen LogP contribution in [0.25, 0.3) is 10.9 Å². The first-order valence-electron chi connectivity index (χ1n) is 7.40. The van der Waals surface area contributed by atoms with Crippen molar-refractivity contribution in [2.24, 2.45) is 0 Å². The van der Waals surface area contributed by atoms with Gasteiger partial charge in [0.15, 0.2) is 0 Å². The van der Waals surface area contributed by atoms with Gasteiger partial charge in [-0.3, -0.25) is 4.79 Å². The van der Waals surface area contributed by atoms with Crippen LogP contribution in [0.3, 0.4) is 0 Å². The maximum absolute atomic E-state index is 13.0. The quantitative estimate of drug-likeness (QED) is 0.761. The molecule has 0 fully saturated rings. The molecule has 0 aliphatic rings. The van der Waals surface area contributed by atoms with Crippen LogP contribution in [0, 0.1) is 5.82 Å². The van der Waals surface area contributed by atoms with E-state index in [0.29, 0.717) is 12.1 Å². The number of aliphatic hydroxyl groups excluding tert-OH is 1. The van der Waals surface area contributed by atoms with E-state index in [4.69, 9.17) is 0 Å². The van der Waals surface area contributed by atoms with Gasteiger partial charge in [0, 0.05) is 24.7 Å². The van der Waals surface area contributed by atoms with Gasteiger partial charge in [-0.25, -0.2) is 4.39 Å². The molecule has 1 amide bonds. The van der Waals surface area contributed by atoms with E-state index in [1.165, 1.54) is 12.1 Å². The summed E-state index contributed by atoms with van der Waals surface area (Å²) in [5.41, 5.74) is 2.15. The maximum atomic E-state index is 13.0. The van der Waals surface area contributed by atoms with E-state index < -0.39 is 0 Å². The van der Waals surface area contributed by atoms with Crippen LogP contribution in [0.2, 0.25) is 0 Å². The number of nitrogens with one attached hydrogen (secondary N) is 1. The van der Waals surface area contributed by atoms with Crippen molar-refractivity contribution in [1.82, 2.24) is 9.88 Å². The number of hydrogen-bond acceptors (Lipinski definition) is 2. The SMILES string of the molecule is O=C(c1cccc2cc[nH]c12)N(CCO)Cc1ccc(F)cc1. The molecule has 0 aliphatic carbocycles. The first kappa shape index (κ1) is 15.2. The number of hydrogen-bond donors (Lipinski definition) is 2. The van der Waals surface area contributed by atoms with Crippen LogP contribution in [0.15, 0.2) is 54.7 Å². The minimum atomic E-state index is -0.315. The Balaban J connectivity index is 1.89. The number of nitrogens with zero attached hydrogens (tertiary/aromatic N) is 1. The Morgan fingerprint density at radius 1 is 1.13 bits per heavy atom. The van der Waals surface area contributed by atoms with Crippen LogP contribution in [-0.2, 0) is 6.54 Å². The Morgan fingerprint density at radius 2 is 1.91 bits per heavy atom. The summed E-state index contributed by atoms with van der Waals surface area (Å²) in [7, 11) is 0. The van der Waals surface area contributed by atoms with Gasteiger partial charge in [0.25, 0.3) is 5.91 Å². The Morgan fingerprint density at radius 3 is 2.65 bits per heavy atom. The lowest BCUT2D eigenvalue weighted by Gasteiger charge is -2.22. The van der Waals surface area contributed by atoms with E-state index in [1.54, 1.807) is 29.3 Å². The second kappa shape index (κ2) is 6.62. The zero-order chi connectivity index (χ0) is 16.2. The van der Waals surface area contributed by atoms with Crippen molar-refractivity contribution in [3.05, 3.63) is 71.7 Å². The molecule has 3 rings (SSSR count). The molecule has 0 unspecified atom stereocenters. The number of aromatic amines is 1. The standard InChI is InChI=1S/C18H17FN2O2/c19-15-6-4-13(5-7-15)12-21(10-11-22)18(23)16-3-1-2-14-8-9-20-17(14)16/h1-9,20,22H,10-12H2. The molecule has 0 aliphatic heterocycles. The van der Waals surface area contributed by atoms with Crippen molar-refractivity contribution in [2.75, 3.05) is 13.2 Å². The van der Waals surface area contributed by atoms with Gasteiger partial charge in [-0.05, 0) is 29.8 Å². The summed E-state index contributed by atoms with van der Waals surface area (Å²) in [5, 5.41) is 10.2. The highest BCUT2D eigenvalue weighted by atomic mass is 19.1. The number of fused-ring (bicyclic) bond motifs is 1. The molecule has 1 heterocycles. The molecular weight excluding hydrogens is 295 g/mol. The molecule has 0 saturated heterocycles. The Hall–Kier alpha value is -2.66. The van der Waals surface area contributed by atoms with Crippen LogP contribution >= 0.6 is 0 Å². The highest BCUT2D eigenvalue weighted by Crippen LogP contribution is 2.19. The summed E-state index contributed by atoms with van der Waals surface area (Å²) >= 11 is 0. The molecule has 2 aromatic carbocycles. The second-order valence-electron chi connectivity index (χ2n) is 5.32. The van der Waals surface area contributed by atoms with Gasteiger partial charge in [-0.2, -0.15) is 0 Å². The normalized spacial score (nSPS) is 10.9. The topological polar surface area (TPSA) is 56.3 Å². The van der Waals surface area contributed by atoms with E-state index in [2.05, 4.69) is 4.98 Å². The molecule has 2 N–H and O–H groups in total. The van der Waals surface area contributed by atoms with Crippen molar-refractivity contribution in [1.29, 1.82) is 0 Å². The molecule has 5 heteroatoms. The van der Waals surface area contributed by atoms with E-state index in [-0.39, 0.29) is 24.9 Å². The Bertz CT molecular complexity index is 811. The number of amides is 1. The predicted molar refractivity (Wildman–Crippen MR) is 86.5 cm³/mol. The molecule has 1 aromatic heterocycles. The molecule has 0 atom stereocenters. The Labute approximate surface area is 133 Å². The van der Waals surface area contributed by atoms with Gasteiger partial charge in [0.05, 0.1) is 17.7 Å². The van der Waals surface area contributed by atoms with Crippen molar-refractivity contribution in [3.8, 4) is 0 Å². The Kier molecular flexibility index (Phi) is 4.39.